The van der Waals surface area contributed by atoms with Gasteiger partial charge in [-0.1, -0.05) is 37.5 Å². The second-order valence-corrected chi connectivity index (χ2v) is 7.01. The Balaban J connectivity index is 0.00000169. The predicted octanol–water partition coefficient (Wildman–Crippen LogP) is 3.40. The smallest absolute Gasteiger partial charge is 0.0645 e. The summed E-state index contributed by atoms with van der Waals surface area (Å²) in [5, 5.41) is 8.19. The van der Waals surface area contributed by atoms with E-state index in [-0.39, 0.29) is 12.4 Å². The van der Waals surface area contributed by atoms with Gasteiger partial charge in [0.1, 0.15) is 0 Å². The number of hydrogen-bond acceptors (Lipinski definition) is 3. The van der Waals surface area contributed by atoms with Crippen molar-refractivity contribution in [3.05, 3.63) is 48.3 Å². The zero-order chi connectivity index (χ0) is 15.5. The highest BCUT2D eigenvalue weighted by Gasteiger charge is 2.39. The molecule has 1 saturated carbocycles. The number of halogens is 1. The molecule has 1 aromatic heterocycles. The summed E-state index contributed by atoms with van der Waals surface area (Å²) in [5.41, 5.74) is 2.83. The Morgan fingerprint density at radius 3 is 2.67 bits per heavy atom. The predicted molar refractivity (Wildman–Crippen MR) is 99.9 cm³/mol. The summed E-state index contributed by atoms with van der Waals surface area (Å²) < 4.78 is 1.99. The summed E-state index contributed by atoms with van der Waals surface area (Å²) in [7, 11) is 0. The highest BCUT2D eigenvalue weighted by atomic mass is 35.5. The van der Waals surface area contributed by atoms with Crippen LogP contribution in [0.3, 0.4) is 0 Å². The van der Waals surface area contributed by atoms with E-state index in [1.54, 1.807) is 0 Å². The summed E-state index contributed by atoms with van der Waals surface area (Å²) in [5.74, 6) is 0. The van der Waals surface area contributed by atoms with E-state index >= 15 is 0 Å². The summed E-state index contributed by atoms with van der Waals surface area (Å²) in [6.07, 6.45) is 11.1. The van der Waals surface area contributed by atoms with Gasteiger partial charge in [-0.2, -0.15) is 5.10 Å². The van der Waals surface area contributed by atoms with Gasteiger partial charge in [-0.25, -0.2) is 4.68 Å². The molecule has 1 aliphatic carbocycles. The monoisotopic (exact) mass is 346 g/mol. The molecule has 2 aliphatic rings. The van der Waals surface area contributed by atoms with Gasteiger partial charge in [0, 0.05) is 43.5 Å². The van der Waals surface area contributed by atoms with Crippen molar-refractivity contribution in [2.75, 3.05) is 19.6 Å². The number of nitrogens with one attached hydrogen (secondary N) is 1. The molecular formula is C19H27ClN4. The van der Waals surface area contributed by atoms with Crippen LogP contribution in [0.15, 0.2) is 42.7 Å². The molecule has 24 heavy (non-hydrogen) atoms. The Kier molecular flexibility index (Phi) is 5.59. The Hall–Kier alpha value is -1.36. The number of aromatic nitrogens is 2. The molecule has 1 saturated heterocycles. The van der Waals surface area contributed by atoms with Crippen LogP contribution in [0.4, 0.5) is 0 Å². The Morgan fingerprint density at radius 1 is 1.08 bits per heavy atom. The highest BCUT2D eigenvalue weighted by molar-refractivity contribution is 5.85. The van der Waals surface area contributed by atoms with Gasteiger partial charge in [-0.15, -0.1) is 12.4 Å². The third kappa shape index (κ3) is 3.51. The minimum atomic E-state index is 0. The molecule has 2 fully saturated rings. The zero-order valence-electron chi connectivity index (χ0n) is 14.2. The van der Waals surface area contributed by atoms with E-state index in [1.807, 2.05) is 16.9 Å². The van der Waals surface area contributed by atoms with E-state index in [0.29, 0.717) is 5.54 Å². The molecule has 130 valence electrons. The number of para-hydroxylation sites is 1. The Bertz CT molecular complexity index is 626. The Morgan fingerprint density at radius 2 is 1.88 bits per heavy atom. The summed E-state index contributed by atoms with van der Waals surface area (Å²) in [6, 6.07) is 10.4. The van der Waals surface area contributed by atoms with Gasteiger partial charge in [0.05, 0.1) is 11.9 Å². The minimum Gasteiger partial charge on any atom is -0.314 e. The van der Waals surface area contributed by atoms with E-state index in [1.165, 1.54) is 37.7 Å². The normalized spacial score (nSPS) is 20.7. The quantitative estimate of drug-likeness (QED) is 0.924. The second kappa shape index (κ2) is 7.68. The van der Waals surface area contributed by atoms with Crippen molar-refractivity contribution >= 4 is 12.4 Å². The van der Waals surface area contributed by atoms with Crippen molar-refractivity contribution < 1.29 is 0 Å². The maximum Gasteiger partial charge on any atom is 0.0645 e. The average molecular weight is 347 g/mol. The molecule has 2 aromatic rings. The third-order valence-corrected chi connectivity index (χ3v) is 5.50. The maximum absolute atomic E-state index is 4.56. The summed E-state index contributed by atoms with van der Waals surface area (Å²) >= 11 is 0. The van der Waals surface area contributed by atoms with E-state index in [4.69, 9.17) is 0 Å². The van der Waals surface area contributed by atoms with E-state index in [0.717, 1.165) is 31.9 Å². The topological polar surface area (TPSA) is 33.1 Å². The fraction of sp³-hybridized carbons (Fsp3) is 0.526. The third-order valence-electron chi connectivity index (χ3n) is 5.50. The first-order valence-corrected chi connectivity index (χ1v) is 8.91. The molecule has 5 heteroatoms. The lowest BCUT2D eigenvalue weighted by atomic mass is 9.79. The molecular weight excluding hydrogens is 320 g/mol. The molecule has 0 radical (unpaired) electrons. The van der Waals surface area contributed by atoms with Crippen LogP contribution in [-0.2, 0) is 6.54 Å². The first-order valence-electron chi connectivity index (χ1n) is 8.91. The lowest BCUT2D eigenvalue weighted by Crippen LogP contribution is -2.61. The highest BCUT2D eigenvalue weighted by Crippen LogP contribution is 2.35. The molecule has 0 bridgehead atoms. The number of benzene rings is 1. The van der Waals surface area contributed by atoms with Crippen molar-refractivity contribution in [2.24, 2.45) is 0 Å². The van der Waals surface area contributed by atoms with E-state index in [9.17, 15) is 0 Å². The van der Waals surface area contributed by atoms with E-state index in [2.05, 4.69) is 45.8 Å². The number of hydrogen-bond donors (Lipinski definition) is 1. The van der Waals surface area contributed by atoms with Crippen LogP contribution >= 0.6 is 12.4 Å². The zero-order valence-corrected chi connectivity index (χ0v) is 15.0. The molecule has 4 rings (SSSR count). The summed E-state index contributed by atoms with van der Waals surface area (Å²) in [4.78, 5) is 2.72. The van der Waals surface area contributed by atoms with Crippen LogP contribution in [-0.4, -0.2) is 39.9 Å². The van der Waals surface area contributed by atoms with Crippen molar-refractivity contribution in [3.63, 3.8) is 0 Å². The van der Waals surface area contributed by atoms with Crippen molar-refractivity contribution in [3.8, 4) is 5.69 Å². The molecule has 0 amide bonds. The van der Waals surface area contributed by atoms with Gasteiger partial charge < -0.3 is 5.32 Å². The van der Waals surface area contributed by atoms with Crippen LogP contribution in [0.5, 0.6) is 0 Å². The average Bonchev–Trinajstić information content (AvgIpc) is 3.07. The minimum absolute atomic E-state index is 0. The van der Waals surface area contributed by atoms with Gasteiger partial charge in [0.15, 0.2) is 0 Å². The van der Waals surface area contributed by atoms with Crippen LogP contribution in [0.25, 0.3) is 5.69 Å². The molecule has 2 heterocycles. The van der Waals surface area contributed by atoms with Crippen LogP contribution in [0.1, 0.15) is 37.7 Å². The lowest BCUT2D eigenvalue weighted by molar-refractivity contribution is 0.0209. The van der Waals surface area contributed by atoms with Gasteiger partial charge in [0.25, 0.3) is 0 Å². The molecule has 0 unspecified atom stereocenters. The first-order chi connectivity index (χ1) is 11.4. The van der Waals surface area contributed by atoms with Gasteiger partial charge >= 0.3 is 0 Å². The van der Waals surface area contributed by atoms with Crippen LogP contribution in [0.2, 0.25) is 0 Å². The van der Waals surface area contributed by atoms with Crippen molar-refractivity contribution in [1.82, 2.24) is 20.0 Å². The molecule has 4 nitrogen and oxygen atoms in total. The van der Waals surface area contributed by atoms with Crippen LogP contribution in [0, 0.1) is 0 Å². The first kappa shape index (κ1) is 17.5. The molecule has 1 aromatic carbocycles. The molecule has 1 N–H and O–H groups in total. The molecule has 1 aliphatic heterocycles. The Labute approximate surface area is 150 Å². The van der Waals surface area contributed by atoms with Crippen LogP contribution < -0.4 is 5.32 Å². The van der Waals surface area contributed by atoms with Gasteiger partial charge in [-0.3, -0.25) is 4.90 Å². The molecule has 1 spiro atoms. The number of nitrogens with zero attached hydrogens (tertiary/aromatic N) is 3. The van der Waals surface area contributed by atoms with Crippen molar-refractivity contribution in [2.45, 2.75) is 44.2 Å². The van der Waals surface area contributed by atoms with Gasteiger partial charge in [0.2, 0.25) is 0 Å². The number of piperazine rings is 1. The second-order valence-electron chi connectivity index (χ2n) is 7.01. The van der Waals surface area contributed by atoms with Gasteiger partial charge in [-0.05, 0) is 25.0 Å². The fourth-order valence-corrected chi connectivity index (χ4v) is 4.22. The fourth-order valence-electron chi connectivity index (χ4n) is 4.22. The number of rotatable bonds is 3. The standard InChI is InChI=1S/C19H26N4.ClH/c1-3-7-18(8-4-1)23-15-17(13-21-23)14-22-12-11-20-16-19(22)9-5-2-6-10-19;/h1,3-4,7-8,13,15,20H,2,5-6,9-12,14,16H2;1H. The largest absolute Gasteiger partial charge is 0.314 e. The SMILES string of the molecule is Cl.c1ccc(-n2cc(CN3CCNCC34CCCCC4)cn2)cc1. The lowest BCUT2D eigenvalue weighted by Gasteiger charge is -2.49. The maximum atomic E-state index is 4.56. The molecule has 0 atom stereocenters. The summed E-state index contributed by atoms with van der Waals surface area (Å²) in [6.45, 7) is 4.43. The van der Waals surface area contributed by atoms with Crippen molar-refractivity contribution in [1.29, 1.82) is 0 Å². The van der Waals surface area contributed by atoms with E-state index < -0.39 is 0 Å².